The number of benzene rings is 1. The highest BCUT2D eigenvalue weighted by Crippen LogP contribution is 2.45. The molecule has 4 heterocycles. The Morgan fingerprint density at radius 1 is 1.26 bits per heavy atom. The topological polar surface area (TPSA) is 53.4 Å². The van der Waals surface area contributed by atoms with Crippen molar-refractivity contribution in [1.82, 2.24) is 24.9 Å². The van der Waals surface area contributed by atoms with Gasteiger partial charge in [-0.3, -0.25) is 9.48 Å². The van der Waals surface area contributed by atoms with Crippen molar-refractivity contribution in [2.24, 2.45) is 7.05 Å². The molecule has 138 valence electrons. The van der Waals surface area contributed by atoms with Gasteiger partial charge in [-0.05, 0) is 29.1 Å². The Hall–Kier alpha value is -2.43. The van der Waals surface area contributed by atoms with Gasteiger partial charge in [-0.15, -0.1) is 0 Å². The van der Waals surface area contributed by atoms with Crippen LogP contribution in [0.4, 0.5) is 0 Å². The minimum Gasteiger partial charge on any atom is -0.368 e. The smallest absolute Gasteiger partial charge is 0.252 e. The fraction of sp³-hybridized carbons (Fsp3) is 0.300. The maximum Gasteiger partial charge on any atom is 0.252 e. The minimum atomic E-state index is 0.0667. The first-order chi connectivity index (χ1) is 13.2. The lowest BCUT2D eigenvalue weighted by Crippen LogP contribution is -2.44. The molecule has 27 heavy (non-hydrogen) atoms. The zero-order valence-corrected chi connectivity index (χ0v) is 16.2. The number of rotatable bonds is 2. The molecule has 7 heteroatoms. The highest BCUT2D eigenvalue weighted by atomic mass is 31.1. The van der Waals surface area contributed by atoms with Gasteiger partial charge in [0.1, 0.15) is 0 Å². The lowest BCUT2D eigenvalue weighted by molar-refractivity contribution is -0.123. The number of carbonyl (C=O) groups is 1. The van der Waals surface area contributed by atoms with Crippen molar-refractivity contribution in [2.45, 2.75) is 5.78 Å². The van der Waals surface area contributed by atoms with Crippen molar-refractivity contribution in [3.8, 4) is 0 Å². The standard InChI is InChI=1S/C20H22N5OP/c1-23-12-15-10-14(2-4-17(15)22-23)18-11-19(26)25-13-16(3-5-20(25)27-18)24-8-6-21-7-9-24/h2-5,10-13,20-21,27H,6-9H2,1H3. The normalized spacial score (nSPS) is 23.6. The van der Waals surface area contributed by atoms with Crippen LogP contribution in [0.1, 0.15) is 5.56 Å². The molecule has 1 aromatic carbocycles. The van der Waals surface area contributed by atoms with E-state index in [1.807, 2.05) is 35.1 Å². The Labute approximate surface area is 160 Å². The highest BCUT2D eigenvalue weighted by Gasteiger charge is 2.29. The summed E-state index contributed by atoms with van der Waals surface area (Å²) in [7, 11) is 2.47. The van der Waals surface area contributed by atoms with Crippen LogP contribution < -0.4 is 5.32 Å². The van der Waals surface area contributed by atoms with E-state index >= 15 is 0 Å². The maximum absolute atomic E-state index is 12.8. The van der Waals surface area contributed by atoms with E-state index in [-0.39, 0.29) is 11.7 Å². The largest absolute Gasteiger partial charge is 0.368 e. The molecule has 3 aliphatic rings. The summed E-state index contributed by atoms with van der Waals surface area (Å²) < 4.78 is 1.82. The molecule has 1 fully saturated rings. The molecule has 6 nitrogen and oxygen atoms in total. The van der Waals surface area contributed by atoms with E-state index in [4.69, 9.17) is 0 Å². The molecule has 0 aliphatic carbocycles. The van der Waals surface area contributed by atoms with Crippen molar-refractivity contribution in [2.75, 3.05) is 26.2 Å². The summed E-state index contributed by atoms with van der Waals surface area (Å²) in [6.45, 7) is 3.95. The maximum atomic E-state index is 12.8. The van der Waals surface area contributed by atoms with Gasteiger partial charge in [-0.25, -0.2) is 0 Å². The lowest BCUT2D eigenvalue weighted by atomic mass is 10.1. The summed E-state index contributed by atoms with van der Waals surface area (Å²) in [6, 6.07) is 6.25. The molecule has 0 bridgehead atoms. The summed E-state index contributed by atoms with van der Waals surface area (Å²) in [5.74, 6) is 0.186. The average molecular weight is 379 g/mol. The van der Waals surface area contributed by atoms with E-state index < -0.39 is 0 Å². The molecule has 2 aromatic rings. The number of fused-ring (bicyclic) bond motifs is 2. The SMILES string of the molecule is Cn1cc2cc(C3=CC(=O)N4C=C(N5CCNCC5)C=CC4P3)ccc2n1. The first-order valence-electron chi connectivity index (χ1n) is 9.27. The number of nitrogens with one attached hydrogen (secondary N) is 1. The van der Waals surface area contributed by atoms with Gasteiger partial charge >= 0.3 is 0 Å². The van der Waals surface area contributed by atoms with E-state index in [2.05, 4.69) is 39.6 Å². The van der Waals surface area contributed by atoms with Crippen LogP contribution in [0.25, 0.3) is 16.2 Å². The summed E-state index contributed by atoms with van der Waals surface area (Å²) in [5.41, 5.74) is 3.24. The second kappa shape index (κ2) is 6.63. The van der Waals surface area contributed by atoms with Crippen molar-refractivity contribution in [3.63, 3.8) is 0 Å². The van der Waals surface area contributed by atoms with Gasteiger partial charge in [0.2, 0.25) is 0 Å². The first-order valence-corrected chi connectivity index (χ1v) is 10.4. The number of aryl methyl sites for hydroxylation is 1. The third-order valence-corrected chi connectivity index (χ3v) is 6.77. The number of aromatic nitrogens is 2. The molecule has 0 spiro atoms. The van der Waals surface area contributed by atoms with Crippen LogP contribution in [0.2, 0.25) is 0 Å². The Morgan fingerprint density at radius 2 is 2.11 bits per heavy atom. The molecule has 3 aliphatic heterocycles. The Balaban J connectivity index is 1.42. The van der Waals surface area contributed by atoms with Crippen LogP contribution in [0, 0.1) is 0 Å². The van der Waals surface area contributed by atoms with Gasteiger partial charge in [0.15, 0.2) is 0 Å². The summed E-state index contributed by atoms with van der Waals surface area (Å²) in [4.78, 5) is 17.1. The van der Waals surface area contributed by atoms with E-state index in [1.54, 1.807) is 6.08 Å². The zero-order chi connectivity index (χ0) is 18.4. The molecular weight excluding hydrogens is 357 g/mol. The third-order valence-electron chi connectivity index (χ3n) is 5.26. The summed E-state index contributed by atoms with van der Waals surface area (Å²) in [6.07, 6.45) is 10.2. The van der Waals surface area contributed by atoms with Crippen LogP contribution in [0.15, 0.2) is 54.5 Å². The summed E-state index contributed by atoms with van der Waals surface area (Å²) in [5, 5.41) is 10.0. The van der Waals surface area contributed by atoms with E-state index in [1.165, 1.54) is 0 Å². The number of nitrogens with zero attached hydrogens (tertiary/aromatic N) is 4. The molecule has 0 radical (unpaired) electrons. The van der Waals surface area contributed by atoms with E-state index in [9.17, 15) is 4.79 Å². The van der Waals surface area contributed by atoms with Gasteiger partial charge < -0.3 is 15.1 Å². The second-order valence-electron chi connectivity index (χ2n) is 7.12. The van der Waals surface area contributed by atoms with Gasteiger partial charge in [0, 0.05) is 57.1 Å². The van der Waals surface area contributed by atoms with Gasteiger partial charge in [-0.1, -0.05) is 20.7 Å². The molecule has 0 saturated carbocycles. The highest BCUT2D eigenvalue weighted by molar-refractivity contribution is 7.51. The molecule has 1 saturated heterocycles. The Kier molecular flexibility index (Phi) is 4.10. The molecule has 2 unspecified atom stereocenters. The fourth-order valence-electron chi connectivity index (χ4n) is 3.86. The van der Waals surface area contributed by atoms with Crippen molar-refractivity contribution in [3.05, 3.63) is 60.1 Å². The minimum absolute atomic E-state index is 0.0667. The van der Waals surface area contributed by atoms with E-state index in [0.717, 1.165) is 53.7 Å². The van der Waals surface area contributed by atoms with E-state index in [0.29, 0.717) is 8.58 Å². The monoisotopic (exact) mass is 379 g/mol. The van der Waals surface area contributed by atoms with Gasteiger partial charge in [-0.2, -0.15) is 5.10 Å². The van der Waals surface area contributed by atoms with Crippen LogP contribution in [0.5, 0.6) is 0 Å². The number of amides is 1. The van der Waals surface area contributed by atoms with Crippen molar-refractivity contribution < 1.29 is 4.79 Å². The molecule has 5 rings (SSSR count). The summed E-state index contributed by atoms with van der Waals surface area (Å²) >= 11 is 0. The molecule has 1 N–H and O–H groups in total. The molecule has 2 atom stereocenters. The predicted octanol–water partition coefficient (Wildman–Crippen LogP) is 2.08. The number of hydrogen-bond acceptors (Lipinski definition) is 4. The van der Waals surface area contributed by atoms with Crippen LogP contribution in [0.3, 0.4) is 0 Å². The third kappa shape index (κ3) is 3.09. The lowest BCUT2D eigenvalue weighted by Gasteiger charge is -2.37. The fourth-order valence-corrected chi connectivity index (χ4v) is 5.24. The molecule has 1 amide bonds. The average Bonchev–Trinajstić information content (AvgIpc) is 3.07. The Bertz CT molecular complexity index is 999. The van der Waals surface area contributed by atoms with Gasteiger partial charge in [0.25, 0.3) is 5.91 Å². The number of piperazine rings is 1. The first kappa shape index (κ1) is 16.7. The van der Waals surface area contributed by atoms with Crippen LogP contribution in [-0.4, -0.2) is 57.4 Å². The number of allylic oxidation sites excluding steroid dienone is 1. The molecule has 1 aromatic heterocycles. The zero-order valence-electron chi connectivity index (χ0n) is 15.2. The number of hydrogen-bond donors (Lipinski definition) is 1. The predicted molar refractivity (Wildman–Crippen MR) is 109 cm³/mol. The molecular formula is C20H22N5OP. The quantitative estimate of drug-likeness (QED) is 0.812. The van der Waals surface area contributed by atoms with Crippen molar-refractivity contribution in [1.29, 1.82) is 0 Å². The van der Waals surface area contributed by atoms with Crippen LogP contribution >= 0.6 is 8.58 Å². The second-order valence-corrected chi connectivity index (χ2v) is 8.54. The van der Waals surface area contributed by atoms with Crippen molar-refractivity contribution >= 4 is 30.7 Å². The van der Waals surface area contributed by atoms with Crippen LogP contribution in [-0.2, 0) is 11.8 Å². The Morgan fingerprint density at radius 3 is 2.96 bits per heavy atom. The van der Waals surface area contributed by atoms with Gasteiger partial charge in [0.05, 0.1) is 17.0 Å². The number of carbonyl (C=O) groups excluding carboxylic acids is 1.